The van der Waals surface area contributed by atoms with Gasteiger partial charge in [0.05, 0.1) is 16.2 Å². The normalized spacial score (nSPS) is 23.1. The van der Waals surface area contributed by atoms with Gasteiger partial charge < -0.3 is 10.2 Å². The number of sulfone groups is 1. The molecule has 0 aromatic heterocycles. The second kappa shape index (κ2) is 9.08. The van der Waals surface area contributed by atoms with Crippen LogP contribution in [0.5, 0.6) is 0 Å². The van der Waals surface area contributed by atoms with Gasteiger partial charge in [0.1, 0.15) is 17.0 Å². The van der Waals surface area contributed by atoms with E-state index in [9.17, 15) is 36.4 Å². The summed E-state index contributed by atoms with van der Waals surface area (Å²) in [7, 11) is -4.13. The number of aryl methyl sites for hydroxylation is 2. The summed E-state index contributed by atoms with van der Waals surface area (Å²) in [5, 5.41) is 10.6. The SMILES string of the molecule is Cc1ccccc1-c1ccc(S(=O)(=O)[C@@H]2C[C@@H](C(=O)NC3(C#N)CC3)N(C(=O)C3(C(F)(F)F)CC3)C2)c(C)c1. The average molecular weight is 560 g/mol. The van der Waals surface area contributed by atoms with Crippen LogP contribution in [0.4, 0.5) is 13.2 Å². The zero-order chi connectivity index (χ0) is 28.4. The molecule has 0 bridgehead atoms. The predicted octanol–water partition coefficient (Wildman–Crippen LogP) is 4.23. The predicted molar refractivity (Wildman–Crippen MR) is 136 cm³/mol. The summed E-state index contributed by atoms with van der Waals surface area (Å²) in [4.78, 5) is 27.2. The number of hydrogen-bond acceptors (Lipinski definition) is 5. The highest BCUT2D eigenvalue weighted by molar-refractivity contribution is 7.92. The van der Waals surface area contributed by atoms with Crippen LogP contribution in [-0.2, 0) is 19.4 Å². The van der Waals surface area contributed by atoms with Gasteiger partial charge in [-0.05, 0) is 74.3 Å². The maximum absolute atomic E-state index is 13.8. The number of alkyl halides is 3. The quantitative estimate of drug-likeness (QED) is 0.570. The van der Waals surface area contributed by atoms with Crippen molar-refractivity contribution in [3.8, 4) is 17.2 Å². The highest BCUT2D eigenvalue weighted by Gasteiger charge is 2.70. The van der Waals surface area contributed by atoms with Gasteiger partial charge in [-0.3, -0.25) is 9.59 Å². The number of nitrogens with zero attached hydrogens (tertiary/aromatic N) is 2. The Kier molecular flexibility index (Phi) is 6.33. The molecule has 7 nitrogen and oxygen atoms in total. The van der Waals surface area contributed by atoms with Crippen molar-refractivity contribution in [3.63, 3.8) is 0 Å². The minimum Gasteiger partial charge on any atom is -0.336 e. The molecule has 2 aliphatic carbocycles. The molecule has 1 aliphatic heterocycles. The van der Waals surface area contributed by atoms with E-state index in [-0.39, 0.29) is 11.3 Å². The molecule has 0 radical (unpaired) electrons. The number of rotatable bonds is 6. The van der Waals surface area contributed by atoms with Crippen LogP contribution in [0.2, 0.25) is 0 Å². The van der Waals surface area contributed by atoms with E-state index in [1.165, 1.54) is 6.07 Å². The van der Waals surface area contributed by atoms with Crippen molar-refractivity contribution >= 4 is 21.7 Å². The van der Waals surface area contributed by atoms with E-state index in [0.29, 0.717) is 18.4 Å². The van der Waals surface area contributed by atoms with Crippen LogP contribution in [-0.4, -0.2) is 54.7 Å². The van der Waals surface area contributed by atoms with Crippen LogP contribution in [0.1, 0.15) is 43.2 Å². The van der Waals surface area contributed by atoms with Crippen molar-refractivity contribution in [2.24, 2.45) is 5.41 Å². The zero-order valence-electron chi connectivity index (χ0n) is 21.5. The van der Waals surface area contributed by atoms with E-state index in [4.69, 9.17) is 0 Å². The number of likely N-dealkylation sites (tertiary alicyclic amines) is 1. The Morgan fingerprint density at radius 1 is 1.05 bits per heavy atom. The second-order valence-corrected chi connectivity index (χ2v) is 13.1. The zero-order valence-corrected chi connectivity index (χ0v) is 22.3. The first kappa shape index (κ1) is 27.2. The molecule has 3 fully saturated rings. The number of carbonyl (C=O) groups excluding carboxylic acids is 2. The Morgan fingerprint density at radius 3 is 2.26 bits per heavy atom. The summed E-state index contributed by atoms with van der Waals surface area (Å²) in [5.74, 6) is -2.08. The Hall–Kier alpha value is -3.39. The van der Waals surface area contributed by atoms with E-state index in [0.717, 1.165) is 21.6 Å². The van der Waals surface area contributed by atoms with Crippen LogP contribution in [0, 0.1) is 30.6 Å². The van der Waals surface area contributed by atoms with Crippen molar-refractivity contribution in [2.75, 3.05) is 6.54 Å². The van der Waals surface area contributed by atoms with Crippen molar-refractivity contribution in [2.45, 2.75) is 73.9 Å². The molecule has 2 aromatic rings. The number of halogens is 3. The third-order valence-electron chi connectivity index (χ3n) is 8.23. The van der Waals surface area contributed by atoms with Gasteiger partial charge in [-0.2, -0.15) is 18.4 Å². The highest BCUT2D eigenvalue weighted by atomic mass is 32.2. The van der Waals surface area contributed by atoms with Gasteiger partial charge in [-0.15, -0.1) is 0 Å². The minimum atomic E-state index is -4.81. The summed E-state index contributed by atoms with van der Waals surface area (Å²) < 4.78 is 69.0. The van der Waals surface area contributed by atoms with E-state index in [1.807, 2.05) is 37.3 Å². The van der Waals surface area contributed by atoms with Crippen molar-refractivity contribution in [1.29, 1.82) is 5.26 Å². The standard InChI is InChI=1S/C28H28F3N3O4S/c1-17-5-3-4-6-21(17)19-7-8-23(18(2)13-19)39(37,38)20-14-22(24(35)33-26(16-32)9-10-26)34(15-20)25(36)27(11-12-27)28(29,30)31/h3-8,13,20,22H,9-12,14-15H2,1-2H3,(H,33,35)/t20-,22+/m1/s1. The van der Waals surface area contributed by atoms with Crippen LogP contribution >= 0.6 is 0 Å². The largest absolute Gasteiger partial charge is 0.403 e. The lowest BCUT2D eigenvalue weighted by molar-refractivity contribution is -0.199. The van der Waals surface area contributed by atoms with Crippen LogP contribution < -0.4 is 5.32 Å². The van der Waals surface area contributed by atoms with Crippen molar-refractivity contribution in [3.05, 3.63) is 53.6 Å². The summed E-state index contributed by atoms with van der Waals surface area (Å²) >= 11 is 0. The van der Waals surface area contributed by atoms with Crippen molar-refractivity contribution < 1.29 is 31.2 Å². The first-order valence-electron chi connectivity index (χ1n) is 12.8. The van der Waals surface area contributed by atoms with Gasteiger partial charge in [0, 0.05) is 6.54 Å². The number of nitriles is 1. The molecule has 2 atom stereocenters. The number of benzene rings is 2. The topological polar surface area (TPSA) is 107 Å². The third-order valence-corrected chi connectivity index (χ3v) is 10.5. The van der Waals surface area contributed by atoms with Crippen LogP contribution in [0.3, 0.4) is 0 Å². The molecule has 39 heavy (non-hydrogen) atoms. The van der Waals surface area contributed by atoms with Gasteiger partial charge in [0.15, 0.2) is 9.84 Å². The summed E-state index contributed by atoms with van der Waals surface area (Å²) in [6.45, 7) is 3.05. The van der Waals surface area contributed by atoms with Gasteiger partial charge in [-0.1, -0.05) is 36.4 Å². The second-order valence-electron chi connectivity index (χ2n) is 10.9. The smallest absolute Gasteiger partial charge is 0.336 e. The van der Waals surface area contributed by atoms with Crippen molar-refractivity contribution in [1.82, 2.24) is 10.2 Å². The highest BCUT2D eigenvalue weighted by Crippen LogP contribution is 2.59. The Balaban J connectivity index is 1.46. The Morgan fingerprint density at radius 2 is 1.72 bits per heavy atom. The number of amides is 2. The molecule has 0 spiro atoms. The lowest BCUT2D eigenvalue weighted by Gasteiger charge is -2.29. The Bertz CT molecular complexity index is 1500. The molecule has 1 saturated heterocycles. The number of hydrogen-bond donors (Lipinski definition) is 1. The van der Waals surface area contributed by atoms with E-state index >= 15 is 0 Å². The third kappa shape index (κ3) is 4.58. The number of nitrogens with one attached hydrogen (secondary N) is 1. The Labute approximate surface area is 224 Å². The maximum Gasteiger partial charge on any atom is 0.403 e. The summed E-state index contributed by atoms with van der Waals surface area (Å²) in [5.41, 5.74) is -0.495. The van der Waals surface area contributed by atoms with Gasteiger partial charge in [0.25, 0.3) is 0 Å². The monoisotopic (exact) mass is 559 g/mol. The average Bonchev–Trinajstić information content (AvgIpc) is 3.80. The van der Waals surface area contributed by atoms with Crippen LogP contribution in [0.25, 0.3) is 11.1 Å². The first-order valence-corrected chi connectivity index (χ1v) is 14.3. The van der Waals surface area contributed by atoms with E-state index in [1.54, 1.807) is 19.1 Å². The molecule has 2 amide bonds. The lowest BCUT2D eigenvalue weighted by Crippen LogP contribution is -2.53. The van der Waals surface area contributed by atoms with Gasteiger partial charge >= 0.3 is 6.18 Å². The fraction of sp³-hybridized carbons (Fsp3) is 0.464. The molecule has 206 valence electrons. The fourth-order valence-corrected chi connectivity index (χ4v) is 7.35. The molecule has 11 heteroatoms. The summed E-state index contributed by atoms with van der Waals surface area (Å²) in [6, 6.07) is 13.1. The molecule has 1 heterocycles. The fourth-order valence-electron chi connectivity index (χ4n) is 5.44. The molecule has 0 unspecified atom stereocenters. The number of carbonyl (C=O) groups is 2. The van der Waals surface area contributed by atoms with Gasteiger partial charge in [0.2, 0.25) is 11.8 Å². The molecular formula is C28H28F3N3O4S. The molecule has 2 saturated carbocycles. The molecular weight excluding hydrogens is 531 g/mol. The first-order chi connectivity index (χ1) is 18.2. The lowest BCUT2D eigenvalue weighted by atomic mass is 9.99. The molecule has 3 aliphatic rings. The molecule has 2 aromatic carbocycles. The van der Waals surface area contributed by atoms with Gasteiger partial charge in [-0.25, -0.2) is 8.42 Å². The van der Waals surface area contributed by atoms with Crippen LogP contribution in [0.15, 0.2) is 47.4 Å². The molecule has 1 N–H and O–H groups in total. The summed E-state index contributed by atoms with van der Waals surface area (Å²) in [6.07, 6.45) is -5.20. The van der Waals surface area contributed by atoms with E-state index in [2.05, 4.69) is 5.32 Å². The molecule has 5 rings (SSSR count). The maximum atomic E-state index is 13.8. The van der Waals surface area contributed by atoms with E-state index < -0.39 is 69.5 Å². The minimum absolute atomic E-state index is 0.00550.